The molecule has 2 N–H and O–H groups in total. The largest absolute Gasteiger partial charge is 0.447 e. The first-order valence-electron chi connectivity index (χ1n) is 6.42. The molecule has 6 nitrogen and oxygen atoms in total. The van der Waals surface area contributed by atoms with Crippen LogP contribution >= 0.6 is 0 Å². The first-order valence-corrected chi connectivity index (χ1v) is 7.91. The SMILES string of the molecule is CNS(=O)(=O)c1ccc(CNCC2CCCOC2)o1. The molecule has 1 saturated heterocycles. The van der Waals surface area contributed by atoms with E-state index in [0.717, 1.165) is 26.2 Å². The van der Waals surface area contributed by atoms with Gasteiger partial charge in [-0.25, -0.2) is 13.1 Å². The summed E-state index contributed by atoms with van der Waals surface area (Å²) < 4.78 is 35.9. The maximum Gasteiger partial charge on any atom is 0.273 e. The molecule has 1 aromatic rings. The van der Waals surface area contributed by atoms with Gasteiger partial charge in [0.25, 0.3) is 10.0 Å². The Morgan fingerprint density at radius 2 is 2.26 bits per heavy atom. The minimum atomic E-state index is -3.49. The molecule has 0 radical (unpaired) electrons. The molecule has 1 fully saturated rings. The van der Waals surface area contributed by atoms with Gasteiger partial charge in [0.2, 0.25) is 5.09 Å². The summed E-state index contributed by atoms with van der Waals surface area (Å²) in [6.45, 7) is 3.04. The van der Waals surface area contributed by atoms with Gasteiger partial charge in [-0.05, 0) is 37.9 Å². The van der Waals surface area contributed by atoms with Crippen LogP contribution in [0, 0.1) is 5.92 Å². The molecule has 1 aliphatic rings. The number of sulfonamides is 1. The van der Waals surface area contributed by atoms with Gasteiger partial charge >= 0.3 is 0 Å². The Labute approximate surface area is 113 Å². The molecule has 19 heavy (non-hydrogen) atoms. The molecule has 0 aromatic carbocycles. The van der Waals surface area contributed by atoms with Gasteiger partial charge in [-0.1, -0.05) is 0 Å². The fourth-order valence-corrected chi connectivity index (χ4v) is 2.73. The lowest BCUT2D eigenvalue weighted by Crippen LogP contribution is -2.28. The molecule has 108 valence electrons. The van der Waals surface area contributed by atoms with Gasteiger partial charge in [0, 0.05) is 13.2 Å². The zero-order valence-electron chi connectivity index (χ0n) is 11.0. The van der Waals surface area contributed by atoms with Crippen LogP contribution in [0.15, 0.2) is 21.6 Å². The maximum atomic E-state index is 11.5. The van der Waals surface area contributed by atoms with Gasteiger partial charge < -0.3 is 14.5 Å². The second-order valence-corrected chi connectivity index (χ2v) is 6.46. The third-order valence-electron chi connectivity index (χ3n) is 3.16. The Morgan fingerprint density at radius 3 is 2.95 bits per heavy atom. The first kappa shape index (κ1) is 14.5. The summed E-state index contributed by atoms with van der Waals surface area (Å²) in [7, 11) is -2.13. The maximum absolute atomic E-state index is 11.5. The number of hydrogen-bond acceptors (Lipinski definition) is 5. The summed E-state index contributed by atoms with van der Waals surface area (Å²) in [5, 5.41) is 3.22. The molecule has 1 aromatic heterocycles. The molecule has 0 aliphatic carbocycles. The summed E-state index contributed by atoms with van der Waals surface area (Å²) in [6.07, 6.45) is 2.28. The van der Waals surface area contributed by atoms with Crippen molar-refractivity contribution in [1.82, 2.24) is 10.0 Å². The van der Waals surface area contributed by atoms with Gasteiger partial charge in [-0.3, -0.25) is 0 Å². The van der Waals surface area contributed by atoms with E-state index in [1.807, 2.05) is 0 Å². The van der Waals surface area contributed by atoms with E-state index in [9.17, 15) is 8.42 Å². The summed E-state index contributed by atoms with van der Waals surface area (Å²) >= 11 is 0. The first-order chi connectivity index (χ1) is 9.12. The highest BCUT2D eigenvalue weighted by Crippen LogP contribution is 2.15. The van der Waals surface area contributed by atoms with E-state index in [0.29, 0.717) is 18.2 Å². The number of ether oxygens (including phenoxy) is 1. The molecule has 2 heterocycles. The molecule has 1 unspecified atom stereocenters. The van der Waals surface area contributed by atoms with Crippen LogP contribution in [-0.4, -0.2) is 35.2 Å². The van der Waals surface area contributed by atoms with Crippen LogP contribution in [0.1, 0.15) is 18.6 Å². The standard InChI is InChI=1S/C12H20N2O4S/c1-13-19(15,16)12-5-4-11(18-12)8-14-7-10-3-2-6-17-9-10/h4-5,10,13-14H,2-3,6-9H2,1H3. The van der Waals surface area contributed by atoms with Crippen molar-refractivity contribution in [2.75, 3.05) is 26.8 Å². The average molecular weight is 288 g/mol. The predicted octanol–water partition coefficient (Wildman–Crippen LogP) is 0.704. The second-order valence-electron chi connectivity index (χ2n) is 4.64. The number of rotatable bonds is 6. The molecule has 1 aliphatic heterocycles. The van der Waals surface area contributed by atoms with Crippen molar-refractivity contribution < 1.29 is 17.6 Å². The Bertz CT molecular complexity index is 492. The predicted molar refractivity (Wildman–Crippen MR) is 70.2 cm³/mol. The van der Waals surface area contributed by atoms with Crippen LogP contribution in [0.25, 0.3) is 0 Å². The van der Waals surface area contributed by atoms with Crippen molar-refractivity contribution in [2.24, 2.45) is 5.92 Å². The molecule has 2 rings (SSSR count). The topological polar surface area (TPSA) is 80.6 Å². The lowest BCUT2D eigenvalue weighted by molar-refractivity contribution is 0.0545. The minimum Gasteiger partial charge on any atom is -0.447 e. The zero-order valence-corrected chi connectivity index (χ0v) is 11.8. The Balaban J connectivity index is 1.80. The van der Waals surface area contributed by atoms with Crippen molar-refractivity contribution in [3.8, 4) is 0 Å². The van der Waals surface area contributed by atoms with Crippen molar-refractivity contribution in [2.45, 2.75) is 24.5 Å². The van der Waals surface area contributed by atoms with Crippen LogP contribution in [-0.2, 0) is 21.3 Å². The van der Waals surface area contributed by atoms with Crippen LogP contribution in [0.4, 0.5) is 0 Å². The minimum absolute atomic E-state index is 0.0483. The van der Waals surface area contributed by atoms with Crippen LogP contribution < -0.4 is 10.0 Å². The van der Waals surface area contributed by atoms with Gasteiger partial charge in [-0.2, -0.15) is 0 Å². The van der Waals surface area contributed by atoms with Crippen molar-refractivity contribution in [1.29, 1.82) is 0 Å². The molecule has 0 saturated carbocycles. The Kier molecular flexibility index (Phi) is 4.98. The fourth-order valence-electron chi connectivity index (χ4n) is 2.07. The Morgan fingerprint density at radius 1 is 1.42 bits per heavy atom. The monoisotopic (exact) mass is 288 g/mol. The summed E-state index contributed by atoms with van der Waals surface area (Å²) in [4.78, 5) is 0. The lowest BCUT2D eigenvalue weighted by atomic mass is 10.0. The normalized spacial score (nSPS) is 20.6. The summed E-state index contributed by atoms with van der Waals surface area (Å²) in [6, 6.07) is 3.14. The van der Waals surface area contributed by atoms with E-state index in [2.05, 4.69) is 10.0 Å². The molecule has 7 heteroatoms. The summed E-state index contributed by atoms with van der Waals surface area (Å²) in [5.74, 6) is 1.15. The fraction of sp³-hybridized carbons (Fsp3) is 0.667. The second kappa shape index (κ2) is 6.51. The highest BCUT2D eigenvalue weighted by Gasteiger charge is 2.17. The zero-order chi connectivity index (χ0) is 13.7. The van der Waals surface area contributed by atoms with Crippen LogP contribution in [0.2, 0.25) is 0 Å². The average Bonchev–Trinajstić information content (AvgIpc) is 2.90. The van der Waals surface area contributed by atoms with Crippen molar-refractivity contribution >= 4 is 10.0 Å². The highest BCUT2D eigenvalue weighted by molar-refractivity contribution is 7.89. The smallest absolute Gasteiger partial charge is 0.273 e. The highest BCUT2D eigenvalue weighted by atomic mass is 32.2. The van der Waals surface area contributed by atoms with E-state index < -0.39 is 10.0 Å². The van der Waals surface area contributed by atoms with E-state index >= 15 is 0 Å². The van der Waals surface area contributed by atoms with Crippen LogP contribution in [0.5, 0.6) is 0 Å². The molecule has 0 amide bonds. The van der Waals surface area contributed by atoms with E-state index in [1.165, 1.54) is 19.5 Å². The molecule has 1 atom stereocenters. The van der Waals surface area contributed by atoms with E-state index in [1.54, 1.807) is 6.07 Å². The Hall–Kier alpha value is -0.890. The summed E-state index contributed by atoms with van der Waals surface area (Å²) in [5.41, 5.74) is 0. The molecule has 0 bridgehead atoms. The number of furan rings is 1. The van der Waals surface area contributed by atoms with Crippen molar-refractivity contribution in [3.05, 3.63) is 17.9 Å². The van der Waals surface area contributed by atoms with E-state index in [-0.39, 0.29) is 5.09 Å². The van der Waals surface area contributed by atoms with Crippen LogP contribution in [0.3, 0.4) is 0 Å². The molecular formula is C12H20N2O4S. The van der Waals surface area contributed by atoms with E-state index in [4.69, 9.17) is 9.15 Å². The lowest BCUT2D eigenvalue weighted by Gasteiger charge is -2.21. The van der Waals surface area contributed by atoms with Gasteiger partial charge in [0.15, 0.2) is 0 Å². The quantitative estimate of drug-likeness (QED) is 0.805. The van der Waals surface area contributed by atoms with Gasteiger partial charge in [-0.15, -0.1) is 0 Å². The molecular weight excluding hydrogens is 268 g/mol. The third-order valence-corrected chi connectivity index (χ3v) is 4.44. The number of nitrogens with one attached hydrogen (secondary N) is 2. The third kappa shape index (κ3) is 4.04. The van der Waals surface area contributed by atoms with Crippen molar-refractivity contribution in [3.63, 3.8) is 0 Å². The number of hydrogen-bond donors (Lipinski definition) is 2. The van der Waals surface area contributed by atoms with Gasteiger partial charge in [0.1, 0.15) is 5.76 Å². The molecule has 0 spiro atoms. The van der Waals surface area contributed by atoms with Gasteiger partial charge in [0.05, 0.1) is 13.2 Å².